The molecule has 1 N–H and O–H groups in total. The number of hydrogen-bond acceptors (Lipinski definition) is 4. The van der Waals surface area contributed by atoms with Gasteiger partial charge in [0.15, 0.2) is 6.10 Å². The van der Waals surface area contributed by atoms with Gasteiger partial charge in [0.2, 0.25) is 0 Å². The maximum atomic E-state index is 12.4. The highest BCUT2D eigenvalue weighted by Crippen LogP contribution is 2.40. The molecule has 1 saturated carbocycles. The molecule has 1 aliphatic rings. The van der Waals surface area contributed by atoms with E-state index < -0.39 is 12.0 Å². The summed E-state index contributed by atoms with van der Waals surface area (Å²) in [5.41, 5.74) is 1.24. The summed E-state index contributed by atoms with van der Waals surface area (Å²) in [6.07, 6.45) is 2.81. The van der Waals surface area contributed by atoms with Gasteiger partial charge < -0.3 is 10.1 Å². The lowest BCUT2D eigenvalue weighted by Crippen LogP contribution is -2.34. The van der Waals surface area contributed by atoms with Crippen molar-refractivity contribution in [1.82, 2.24) is 0 Å². The molecule has 5 nitrogen and oxygen atoms in total. The minimum absolute atomic E-state index is 0.120. The lowest BCUT2D eigenvalue weighted by Gasteiger charge is -2.36. The number of benzene rings is 1. The van der Waals surface area contributed by atoms with Gasteiger partial charge in [0, 0.05) is 5.69 Å². The monoisotopic (exact) mass is 356 g/mol. The van der Waals surface area contributed by atoms with E-state index in [4.69, 9.17) is 10.00 Å². The molecular formula is C21H28N2O3. The van der Waals surface area contributed by atoms with Crippen LogP contribution in [0.1, 0.15) is 58.9 Å². The summed E-state index contributed by atoms with van der Waals surface area (Å²) in [7, 11) is 0. The quantitative estimate of drug-likeness (QED) is 0.817. The van der Waals surface area contributed by atoms with E-state index in [9.17, 15) is 9.59 Å². The van der Waals surface area contributed by atoms with Gasteiger partial charge in [-0.05, 0) is 62.1 Å². The fourth-order valence-electron chi connectivity index (χ4n) is 3.43. The molecule has 0 unspecified atom stereocenters. The first kappa shape index (κ1) is 20.0. The van der Waals surface area contributed by atoms with Crippen LogP contribution in [0.5, 0.6) is 0 Å². The van der Waals surface area contributed by atoms with Crippen LogP contribution in [-0.2, 0) is 14.3 Å². The van der Waals surface area contributed by atoms with Gasteiger partial charge in [-0.15, -0.1) is 0 Å². The third kappa shape index (κ3) is 5.32. The number of rotatable bonds is 4. The fraction of sp³-hybridized carbons (Fsp3) is 0.571. The topological polar surface area (TPSA) is 79.2 Å². The van der Waals surface area contributed by atoms with Gasteiger partial charge in [0.1, 0.15) is 0 Å². The van der Waals surface area contributed by atoms with Crippen molar-refractivity contribution in [2.75, 3.05) is 5.32 Å². The van der Waals surface area contributed by atoms with E-state index in [0.29, 0.717) is 17.2 Å². The zero-order valence-electron chi connectivity index (χ0n) is 16.0. The van der Waals surface area contributed by atoms with Crippen LogP contribution in [-0.4, -0.2) is 18.0 Å². The molecule has 5 heteroatoms. The number of anilines is 1. The fourth-order valence-corrected chi connectivity index (χ4v) is 3.43. The van der Waals surface area contributed by atoms with E-state index in [2.05, 4.69) is 26.1 Å². The largest absolute Gasteiger partial charge is 0.452 e. The first-order chi connectivity index (χ1) is 12.2. The standard InChI is InChI=1S/C21H28N2O3/c1-14(19(24)23-18-7-5-6-15(12-18)13-22)26-20(25)16-8-10-17(11-9-16)21(2,3)4/h5-7,12,14,16-17H,8-11H2,1-4H3,(H,23,24)/t14-,16?,17?/m0/s1. The highest BCUT2D eigenvalue weighted by atomic mass is 16.5. The second-order valence-corrected chi connectivity index (χ2v) is 8.18. The minimum atomic E-state index is -0.867. The number of amides is 1. The molecule has 26 heavy (non-hydrogen) atoms. The van der Waals surface area contributed by atoms with Gasteiger partial charge >= 0.3 is 5.97 Å². The molecule has 2 rings (SSSR count). The molecule has 0 bridgehead atoms. The maximum absolute atomic E-state index is 12.4. The SMILES string of the molecule is C[C@H](OC(=O)C1CCC(C(C)(C)C)CC1)C(=O)Nc1cccc(C#N)c1. The number of carbonyl (C=O) groups is 2. The first-order valence-electron chi connectivity index (χ1n) is 9.22. The van der Waals surface area contributed by atoms with Gasteiger partial charge in [-0.1, -0.05) is 26.8 Å². The second-order valence-electron chi connectivity index (χ2n) is 8.18. The predicted molar refractivity (Wildman–Crippen MR) is 100 cm³/mol. The lowest BCUT2D eigenvalue weighted by molar-refractivity contribution is -0.158. The molecule has 1 aliphatic carbocycles. The summed E-state index contributed by atoms with van der Waals surface area (Å²) in [4.78, 5) is 24.6. The molecule has 1 amide bonds. The number of nitrogens with zero attached hydrogens (tertiary/aromatic N) is 1. The number of esters is 1. The smallest absolute Gasteiger partial charge is 0.309 e. The van der Waals surface area contributed by atoms with Gasteiger partial charge in [-0.3, -0.25) is 9.59 Å². The van der Waals surface area contributed by atoms with E-state index in [0.717, 1.165) is 25.7 Å². The average molecular weight is 356 g/mol. The Kier molecular flexibility index (Phi) is 6.42. The maximum Gasteiger partial charge on any atom is 0.309 e. The molecule has 0 spiro atoms. The van der Waals surface area contributed by atoms with E-state index in [1.165, 1.54) is 0 Å². The van der Waals surface area contributed by atoms with Crippen molar-refractivity contribution in [3.63, 3.8) is 0 Å². The zero-order valence-corrected chi connectivity index (χ0v) is 16.0. The van der Waals surface area contributed by atoms with Crippen molar-refractivity contribution in [3.05, 3.63) is 29.8 Å². The van der Waals surface area contributed by atoms with Crippen LogP contribution in [0.15, 0.2) is 24.3 Å². The normalized spacial score (nSPS) is 21.3. The number of ether oxygens (including phenoxy) is 1. The summed E-state index contributed by atoms with van der Waals surface area (Å²) in [6.45, 7) is 8.29. The molecule has 0 heterocycles. The van der Waals surface area contributed by atoms with Crippen molar-refractivity contribution in [1.29, 1.82) is 5.26 Å². The summed E-state index contributed by atoms with van der Waals surface area (Å²) < 4.78 is 5.39. The Balaban J connectivity index is 1.85. The molecule has 140 valence electrons. The Morgan fingerprint density at radius 3 is 2.46 bits per heavy atom. The van der Waals surface area contributed by atoms with Gasteiger partial charge in [-0.2, -0.15) is 5.26 Å². The van der Waals surface area contributed by atoms with Gasteiger partial charge in [0.25, 0.3) is 5.91 Å². The first-order valence-corrected chi connectivity index (χ1v) is 9.22. The van der Waals surface area contributed by atoms with Crippen LogP contribution in [0.3, 0.4) is 0 Å². The van der Waals surface area contributed by atoms with Crippen molar-refractivity contribution < 1.29 is 14.3 Å². The number of carbonyl (C=O) groups excluding carboxylic acids is 2. The van der Waals surface area contributed by atoms with Gasteiger partial charge in [-0.25, -0.2) is 0 Å². The average Bonchev–Trinajstić information content (AvgIpc) is 2.61. The molecule has 0 aliphatic heterocycles. The Hall–Kier alpha value is -2.35. The third-order valence-corrected chi connectivity index (χ3v) is 5.21. The van der Waals surface area contributed by atoms with Crippen LogP contribution >= 0.6 is 0 Å². The van der Waals surface area contributed by atoms with E-state index in [1.807, 2.05) is 6.07 Å². The zero-order chi connectivity index (χ0) is 19.3. The molecule has 1 aromatic rings. The molecule has 1 aromatic carbocycles. The summed E-state index contributed by atoms with van der Waals surface area (Å²) in [6, 6.07) is 8.65. The summed E-state index contributed by atoms with van der Waals surface area (Å²) in [5, 5.41) is 11.6. The molecule has 0 aromatic heterocycles. The van der Waals surface area contributed by atoms with Crippen LogP contribution in [0.25, 0.3) is 0 Å². The van der Waals surface area contributed by atoms with Crippen LogP contribution in [0.4, 0.5) is 5.69 Å². The van der Waals surface area contributed by atoms with Crippen molar-refractivity contribution in [3.8, 4) is 6.07 Å². The van der Waals surface area contributed by atoms with E-state index >= 15 is 0 Å². The Morgan fingerprint density at radius 1 is 1.23 bits per heavy atom. The van der Waals surface area contributed by atoms with Crippen molar-refractivity contribution >= 4 is 17.6 Å². The lowest BCUT2D eigenvalue weighted by atomic mass is 9.70. The Labute approximate surface area is 155 Å². The molecule has 0 saturated heterocycles. The highest BCUT2D eigenvalue weighted by Gasteiger charge is 2.34. The molecule has 0 radical (unpaired) electrons. The van der Waals surface area contributed by atoms with E-state index in [1.54, 1.807) is 31.2 Å². The Morgan fingerprint density at radius 2 is 1.88 bits per heavy atom. The number of hydrogen-bond donors (Lipinski definition) is 1. The van der Waals surface area contributed by atoms with Crippen molar-refractivity contribution in [2.45, 2.75) is 59.5 Å². The van der Waals surface area contributed by atoms with Crippen LogP contribution in [0, 0.1) is 28.6 Å². The number of nitrogens with one attached hydrogen (secondary N) is 1. The van der Waals surface area contributed by atoms with Crippen LogP contribution < -0.4 is 5.32 Å². The molecular weight excluding hydrogens is 328 g/mol. The summed E-state index contributed by atoms with van der Waals surface area (Å²) >= 11 is 0. The third-order valence-electron chi connectivity index (χ3n) is 5.21. The second kappa shape index (κ2) is 8.35. The number of nitriles is 1. The predicted octanol–water partition coefficient (Wildman–Crippen LogP) is 4.28. The Bertz CT molecular complexity index is 692. The van der Waals surface area contributed by atoms with Crippen LogP contribution in [0.2, 0.25) is 0 Å². The minimum Gasteiger partial charge on any atom is -0.452 e. The molecule has 1 fully saturated rings. The van der Waals surface area contributed by atoms with E-state index in [-0.39, 0.29) is 17.3 Å². The molecule has 1 atom stereocenters. The highest BCUT2D eigenvalue weighted by molar-refractivity contribution is 5.95. The summed E-state index contributed by atoms with van der Waals surface area (Å²) in [5.74, 6) is -0.173. The van der Waals surface area contributed by atoms with Crippen molar-refractivity contribution in [2.24, 2.45) is 17.3 Å². The van der Waals surface area contributed by atoms with Gasteiger partial charge in [0.05, 0.1) is 17.6 Å².